The van der Waals surface area contributed by atoms with Gasteiger partial charge in [0.1, 0.15) is 6.10 Å². The minimum Gasteiger partial charge on any atom is -0.473 e. The summed E-state index contributed by atoms with van der Waals surface area (Å²) in [6.07, 6.45) is 6.22. The molecule has 8 nitrogen and oxygen atoms in total. The summed E-state index contributed by atoms with van der Waals surface area (Å²) in [6.45, 7) is 6.49. The van der Waals surface area contributed by atoms with E-state index in [4.69, 9.17) is 29.3 Å². The smallest absolute Gasteiger partial charge is 0.414 e. The number of carboxylic acid groups (broad SMARTS) is 2. The zero-order valence-electron chi connectivity index (χ0n) is 15.8. The molecule has 2 aliphatic rings. The van der Waals surface area contributed by atoms with E-state index in [0.29, 0.717) is 13.0 Å². The second-order valence-electron chi connectivity index (χ2n) is 6.57. The number of carbonyl (C=O) groups is 3. The lowest BCUT2D eigenvalue weighted by Gasteiger charge is -2.23. The van der Waals surface area contributed by atoms with Crippen LogP contribution >= 0.6 is 0 Å². The minimum atomic E-state index is -1.82. The molecule has 152 valence electrons. The Morgan fingerprint density at radius 3 is 2.44 bits per heavy atom. The van der Waals surface area contributed by atoms with Gasteiger partial charge in [0, 0.05) is 19.4 Å². The van der Waals surface area contributed by atoms with Gasteiger partial charge in [-0.3, -0.25) is 9.69 Å². The van der Waals surface area contributed by atoms with Crippen molar-refractivity contribution in [1.82, 2.24) is 4.90 Å². The Morgan fingerprint density at radius 2 is 1.85 bits per heavy atom. The summed E-state index contributed by atoms with van der Waals surface area (Å²) in [5.41, 5.74) is 0. The van der Waals surface area contributed by atoms with Crippen LogP contribution in [0.4, 0.5) is 0 Å². The summed E-state index contributed by atoms with van der Waals surface area (Å²) in [4.78, 5) is 32.4. The Labute approximate surface area is 159 Å². The van der Waals surface area contributed by atoms with Gasteiger partial charge in [0.05, 0.1) is 19.1 Å². The van der Waals surface area contributed by atoms with Gasteiger partial charge in [0.25, 0.3) is 0 Å². The van der Waals surface area contributed by atoms with E-state index in [-0.39, 0.29) is 18.0 Å². The average molecular weight is 383 g/mol. The number of cyclic esters (lactones) is 1. The quantitative estimate of drug-likeness (QED) is 0.306. The van der Waals surface area contributed by atoms with Crippen molar-refractivity contribution in [3.63, 3.8) is 0 Å². The summed E-state index contributed by atoms with van der Waals surface area (Å²) in [7, 11) is 0. The van der Waals surface area contributed by atoms with Crippen LogP contribution in [0.5, 0.6) is 0 Å². The average Bonchev–Trinajstić information content (AvgIpc) is 3.00. The highest BCUT2D eigenvalue weighted by molar-refractivity contribution is 6.27. The Hall–Kier alpha value is -2.11. The SMILES string of the molecule is CCCOCC1CC(CC#CCN2CCCCC2)C(=O)O1.O=C(O)C(=O)O. The highest BCUT2D eigenvalue weighted by Gasteiger charge is 2.33. The van der Waals surface area contributed by atoms with Gasteiger partial charge in [-0.25, -0.2) is 9.59 Å². The molecule has 2 aliphatic heterocycles. The van der Waals surface area contributed by atoms with Crippen LogP contribution in [0.1, 0.15) is 45.4 Å². The number of aliphatic carboxylic acids is 2. The number of hydrogen-bond donors (Lipinski definition) is 2. The summed E-state index contributed by atoms with van der Waals surface area (Å²) in [5.74, 6) is 2.55. The fourth-order valence-corrected chi connectivity index (χ4v) is 2.83. The Morgan fingerprint density at radius 1 is 1.19 bits per heavy atom. The molecule has 0 bridgehead atoms. The van der Waals surface area contributed by atoms with E-state index < -0.39 is 11.9 Å². The Kier molecular flexibility index (Phi) is 11.1. The van der Waals surface area contributed by atoms with Crippen molar-refractivity contribution in [3.05, 3.63) is 0 Å². The first-order valence-electron chi connectivity index (χ1n) is 9.36. The number of hydrogen-bond acceptors (Lipinski definition) is 6. The molecule has 2 saturated heterocycles. The van der Waals surface area contributed by atoms with Crippen LogP contribution in [-0.4, -0.2) is 72.0 Å². The molecule has 2 rings (SSSR count). The van der Waals surface area contributed by atoms with Crippen LogP contribution in [0, 0.1) is 17.8 Å². The predicted octanol–water partition coefficient (Wildman–Crippen LogP) is 1.38. The third-order valence-corrected chi connectivity index (χ3v) is 4.22. The third-order valence-electron chi connectivity index (χ3n) is 4.22. The van der Waals surface area contributed by atoms with E-state index >= 15 is 0 Å². The van der Waals surface area contributed by atoms with E-state index in [1.165, 1.54) is 19.3 Å². The van der Waals surface area contributed by atoms with Gasteiger partial charge in [-0.1, -0.05) is 19.3 Å². The molecule has 2 atom stereocenters. The number of rotatable bonds is 6. The van der Waals surface area contributed by atoms with Crippen LogP contribution in [0.15, 0.2) is 0 Å². The molecule has 2 fully saturated rings. The molecule has 0 amide bonds. The molecule has 0 aromatic rings. The molecule has 0 spiro atoms. The maximum Gasteiger partial charge on any atom is 0.414 e. The topological polar surface area (TPSA) is 113 Å². The number of nitrogens with zero attached hydrogens (tertiary/aromatic N) is 1. The van der Waals surface area contributed by atoms with Gasteiger partial charge < -0.3 is 19.7 Å². The lowest BCUT2D eigenvalue weighted by Crippen LogP contribution is -2.29. The first-order chi connectivity index (χ1) is 12.9. The lowest BCUT2D eigenvalue weighted by molar-refractivity contribution is -0.159. The monoisotopic (exact) mass is 383 g/mol. The lowest BCUT2D eigenvalue weighted by atomic mass is 10.0. The molecule has 27 heavy (non-hydrogen) atoms. The van der Waals surface area contributed by atoms with Crippen molar-refractivity contribution in [2.75, 3.05) is 32.8 Å². The number of carboxylic acids is 2. The zero-order chi connectivity index (χ0) is 20.1. The fraction of sp³-hybridized carbons (Fsp3) is 0.737. The van der Waals surface area contributed by atoms with E-state index in [2.05, 4.69) is 23.7 Å². The number of likely N-dealkylation sites (tertiary alicyclic amines) is 1. The first kappa shape index (κ1) is 22.9. The van der Waals surface area contributed by atoms with Crippen molar-refractivity contribution >= 4 is 17.9 Å². The second kappa shape index (κ2) is 13.1. The highest BCUT2D eigenvalue weighted by Crippen LogP contribution is 2.24. The second-order valence-corrected chi connectivity index (χ2v) is 6.57. The predicted molar refractivity (Wildman–Crippen MR) is 97.1 cm³/mol. The van der Waals surface area contributed by atoms with Crippen molar-refractivity contribution in [2.24, 2.45) is 5.92 Å². The molecule has 8 heteroatoms. The molecule has 2 N–H and O–H groups in total. The molecule has 0 saturated carbocycles. The third kappa shape index (κ3) is 9.97. The molecule has 0 aromatic heterocycles. The van der Waals surface area contributed by atoms with Gasteiger partial charge >= 0.3 is 17.9 Å². The molecule has 0 radical (unpaired) electrons. The maximum absolute atomic E-state index is 11.8. The van der Waals surface area contributed by atoms with Crippen LogP contribution in [0.2, 0.25) is 0 Å². The van der Waals surface area contributed by atoms with Crippen molar-refractivity contribution in [3.8, 4) is 11.8 Å². The van der Waals surface area contributed by atoms with Gasteiger partial charge in [0.15, 0.2) is 0 Å². The molecular weight excluding hydrogens is 354 g/mol. The molecule has 2 unspecified atom stereocenters. The summed E-state index contributed by atoms with van der Waals surface area (Å²) >= 11 is 0. The minimum absolute atomic E-state index is 0.0610. The van der Waals surface area contributed by atoms with Crippen molar-refractivity contribution in [1.29, 1.82) is 0 Å². The van der Waals surface area contributed by atoms with E-state index in [9.17, 15) is 4.79 Å². The summed E-state index contributed by atoms with van der Waals surface area (Å²) in [6, 6.07) is 0. The molecule has 0 aromatic carbocycles. The van der Waals surface area contributed by atoms with E-state index in [1.54, 1.807) is 0 Å². The van der Waals surface area contributed by atoms with Gasteiger partial charge in [-0.2, -0.15) is 0 Å². The van der Waals surface area contributed by atoms with Gasteiger partial charge in [-0.15, -0.1) is 5.92 Å². The molecular formula is C19H29NO7. The Balaban J connectivity index is 0.000000527. The van der Waals surface area contributed by atoms with E-state index in [1.807, 2.05) is 0 Å². The largest absolute Gasteiger partial charge is 0.473 e. The van der Waals surface area contributed by atoms with Crippen LogP contribution in [0.3, 0.4) is 0 Å². The van der Waals surface area contributed by atoms with Crippen molar-refractivity contribution in [2.45, 2.75) is 51.6 Å². The molecule has 2 heterocycles. The van der Waals surface area contributed by atoms with Crippen molar-refractivity contribution < 1.29 is 34.1 Å². The standard InChI is InChI=1S/C17H27NO3.C2H2O4/c1-2-12-20-14-16-13-15(17(19)21-16)8-4-7-11-18-9-5-3-6-10-18;3-1(4)2(5)6/h15-16H,2-3,5-6,8-14H2,1H3;(H,3,4)(H,5,6). The molecule has 0 aliphatic carbocycles. The van der Waals surface area contributed by atoms with Gasteiger partial charge in [-0.05, 0) is 32.4 Å². The Bertz CT molecular complexity index is 534. The number of carbonyl (C=O) groups excluding carboxylic acids is 1. The summed E-state index contributed by atoms with van der Waals surface area (Å²) < 4.78 is 10.8. The maximum atomic E-state index is 11.8. The normalized spacial score (nSPS) is 22.0. The highest BCUT2D eigenvalue weighted by atomic mass is 16.6. The first-order valence-corrected chi connectivity index (χ1v) is 9.36. The zero-order valence-corrected chi connectivity index (χ0v) is 15.8. The number of esters is 1. The van der Waals surface area contributed by atoms with Crippen LogP contribution in [0.25, 0.3) is 0 Å². The number of ether oxygens (including phenoxy) is 2. The fourth-order valence-electron chi connectivity index (χ4n) is 2.83. The number of piperidine rings is 1. The van der Waals surface area contributed by atoms with E-state index in [0.717, 1.165) is 39.1 Å². The van der Waals surface area contributed by atoms with Crippen LogP contribution < -0.4 is 0 Å². The summed E-state index contributed by atoms with van der Waals surface area (Å²) in [5, 5.41) is 14.8. The van der Waals surface area contributed by atoms with Gasteiger partial charge in [0.2, 0.25) is 0 Å². The van der Waals surface area contributed by atoms with Crippen LogP contribution in [-0.2, 0) is 23.9 Å².